The molecule has 1 unspecified atom stereocenters. The third-order valence-corrected chi connectivity index (χ3v) is 2.27. The van der Waals surface area contributed by atoms with Gasteiger partial charge in [0.1, 0.15) is 0 Å². The maximum Gasteiger partial charge on any atom is 0.264 e. The van der Waals surface area contributed by atoms with Gasteiger partial charge >= 0.3 is 0 Å². The Hall–Kier alpha value is 0.870. The summed E-state index contributed by atoms with van der Waals surface area (Å²) in [7, 11) is -3.79. The van der Waals surface area contributed by atoms with Crippen molar-refractivity contribution in [2.45, 2.75) is 32.8 Å². The molecule has 75 valence electrons. The van der Waals surface area contributed by atoms with Crippen LogP contribution in [0.5, 0.6) is 0 Å². The Bertz CT molecular complexity index is 203. The van der Waals surface area contributed by atoms with Gasteiger partial charge in [-0.05, 0) is 26.7 Å². The predicted octanol–water partition coefficient (Wildman–Crippen LogP) is 0.699. The summed E-state index contributed by atoms with van der Waals surface area (Å²) in [5.74, 6) is -0.176. The van der Waals surface area contributed by atoms with Gasteiger partial charge in [-0.3, -0.25) is 4.55 Å². The van der Waals surface area contributed by atoms with Crippen LogP contribution in [0.1, 0.15) is 26.7 Å². The normalized spacial score (nSPS) is 13.5. The fourth-order valence-electron chi connectivity index (χ4n) is 0.921. The van der Waals surface area contributed by atoms with E-state index in [1.165, 1.54) is 0 Å². The molecule has 1 radical (unpaired) electrons. The molecule has 1 atom stereocenters. The van der Waals surface area contributed by atoms with E-state index in [0.717, 1.165) is 0 Å². The van der Waals surface area contributed by atoms with Gasteiger partial charge < -0.3 is 4.74 Å². The van der Waals surface area contributed by atoms with E-state index in [0.29, 0.717) is 19.4 Å². The van der Waals surface area contributed by atoms with Gasteiger partial charge in [-0.2, -0.15) is 8.42 Å². The summed E-state index contributed by atoms with van der Waals surface area (Å²) in [5.41, 5.74) is 0. The first-order chi connectivity index (χ1) is 5.45. The van der Waals surface area contributed by atoms with Crippen molar-refractivity contribution >= 4 is 39.7 Å². The molecule has 0 aromatic rings. The number of hydrogen-bond donors (Lipinski definition) is 1. The summed E-state index contributed by atoms with van der Waals surface area (Å²) in [6, 6.07) is 0. The van der Waals surface area contributed by atoms with Crippen LogP contribution in [0.15, 0.2) is 0 Å². The first-order valence-electron chi connectivity index (χ1n) is 4.02. The van der Waals surface area contributed by atoms with Crippen LogP contribution < -0.4 is 0 Å². The van der Waals surface area contributed by atoms with Crippen molar-refractivity contribution in [2.75, 3.05) is 12.4 Å². The molecule has 0 fully saturated rings. The third kappa shape index (κ3) is 12.9. The van der Waals surface area contributed by atoms with Crippen molar-refractivity contribution in [3.05, 3.63) is 0 Å². The molecule has 0 spiro atoms. The van der Waals surface area contributed by atoms with E-state index >= 15 is 0 Å². The van der Waals surface area contributed by atoms with Gasteiger partial charge in [-0.1, -0.05) is 0 Å². The van der Waals surface area contributed by atoms with Crippen LogP contribution in [-0.2, 0) is 14.9 Å². The third-order valence-electron chi connectivity index (χ3n) is 1.46. The van der Waals surface area contributed by atoms with Crippen molar-refractivity contribution in [3.8, 4) is 0 Å². The van der Waals surface area contributed by atoms with Crippen LogP contribution in [0.4, 0.5) is 0 Å². The Kier molecular flexibility index (Phi) is 10.3. The summed E-state index contributed by atoms with van der Waals surface area (Å²) >= 11 is 0. The van der Waals surface area contributed by atoms with Crippen molar-refractivity contribution < 1.29 is 17.7 Å². The minimum Gasteiger partial charge on any atom is -0.379 e. The summed E-state index contributed by atoms with van der Waals surface area (Å²) in [6.07, 6.45) is 1.17. The van der Waals surface area contributed by atoms with E-state index in [-0.39, 0.29) is 41.4 Å². The van der Waals surface area contributed by atoms with Crippen LogP contribution in [-0.4, -0.2) is 61.0 Å². The number of rotatable bonds is 6. The average molecular weight is 219 g/mol. The summed E-state index contributed by atoms with van der Waals surface area (Å²) in [6.45, 7) is 4.40. The maximum atomic E-state index is 10.3. The second kappa shape index (κ2) is 8.20. The number of hydrogen-bond acceptors (Lipinski definition) is 3. The molecule has 6 heteroatoms. The maximum absolute atomic E-state index is 10.3. The summed E-state index contributed by atoms with van der Waals surface area (Å²) in [5, 5.41) is 0. The van der Waals surface area contributed by atoms with E-state index in [9.17, 15) is 8.42 Å². The van der Waals surface area contributed by atoms with Gasteiger partial charge in [-0.15, -0.1) is 0 Å². The molecule has 0 aliphatic carbocycles. The standard InChI is InChI=1S/C7H16O4S.Na/c1-3-11-7(2)5-4-6-12(8,9)10;/h7H,3-6H2,1-2H3,(H,8,9,10);. The van der Waals surface area contributed by atoms with Gasteiger partial charge in [0.05, 0.1) is 11.9 Å². The summed E-state index contributed by atoms with van der Waals surface area (Å²) in [4.78, 5) is 0. The van der Waals surface area contributed by atoms with Gasteiger partial charge in [0.25, 0.3) is 10.1 Å². The zero-order valence-electron chi connectivity index (χ0n) is 8.49. The first kappa shape index (κ1) is 16.3. The predicted molar refractivity (Wildman–Crippen MR) is 52.5 cm³/mol. The fourth-order valence-corrected chi connectivity index (χ4v) is 1.45. The molecule has 4 nitrogen and oxygen atoms in total. The van der Waals surface area contributed by atoms with E-state index in [4.69, 9.17) is 9.29 Å². The smallest absolute Gasteiger partial charge is 0.264 e. The molecule has 0 saturated heterocycles. The molecular formula is C7H16NaO4S. The van der Waals surface area contributed by atoms with E-state index in [1.54, 1.807) is 0 Å². The van der Waals surface area contributed by atoms with Crippen molar-refractivity contribution in [3.63, 3.8) is 0 Å². The van der Waals surface area contributed by atoms with Crippen molar-refractivity contribution in [1.82, 2.24) is 0 Å². The van der Waals surface area contributed by atoms with Crippen LogP contribution in [0, 0.1) is 0 Å². The van der Waals surface area contributed by atoms with E-state index in [2.05, 4.69) is 0 Å². The Morgan fingerprint density at radius 1 is 1.46 bits per heavy atom. The largest absolute Gasteiger partial charge is 0.379 e. The SMILES string of the molecule is CCOC(C)CCCS(=O)(=O)O.[Na]. The zero-order chi connectivity index (χ0) is 9.61. The quantitative estimate of drug-likeness (QED) is 0.527. The second-order valence-electron chi connectivity index (χ2n) is 2.69. The molecular weight excluding hydrogens is 203 g/mol. The van der Waals surface area contributed by atoms with Crippen LogP contribution >= 0.6 is 0 Å². The number of ether oxygens (including phenoxy) is 1. The Morgan fingerprint density at radius 3 is 2.38 bits per heavy atom. The zero-order valence-corrected chi connectivity index (χ0v) is 11.3. The van der Waals surface area contributed by atoms with Crippen LogP contribution in [0.2, 0.25) is 0 Å². The minimum absolute atomic E-state index is 0. The molecule has 0 aromatic carbocycles. The Labute approximate surface area is 102 Å². The van der Waals surface area contributed by atoms with Crippen LogP contribution in [0.25, 0.3) is 0 Å². The molecule has 1 N–H and O–H groups in total. The molecule has 0 amide bonds. The van der Waals surface area contributed by atoms with Gasteiger partial charge in [-0.25, -0.2) is 0 Å². The second-order valence-corrected chi connectivity index (χ2v) is 4.27. The molecule has 13 heavy (non-hydrogen) atoms. The van der Waals surface area contributed by atoms with Gasteiger partial charge in [0.15, 0.2) is 0 Å². The molecule has 0 rings (SSSR count). The molecule has 0 aromatic heterocycles. The monoisotopic (exact) mass is 219 g/mol. The Morgan fingerprint density at radius 2 is 2.00 bits per heavy atom. The molecule has 0 saturated carbocycles. The Balaban J connectivity index is 0. The van der Waals surface area contributed by atoms with Crippen LogP contribution in [0.3, 0.4) is 0 Å². The van der Waals surface area contributed by atoms with Gasteiger partial charge in [0.2, 0.25) is 0 Å². The topological polar surface area (TPSA) is 63.6 Å². The van der Waals surface area contributed by atoms with Gasteiger partial charge in [0, 0.05) is 36.2 Å². The molecule has 0 aliphatic heterocycles. The van der Waals surface area contributed by atoms with Crippen molar-refractivity contribution in [1.29, 1.82) is 0 Å². The average Bonchev–Trinajstić information content (AvgIpc) is 1.84. The molecule has 0 bridgehead atoms. The van der Waals surface area contributed by atoms with Crippen molar-refractivity contribution in [2.24, 2.45) is 0 Å². The molecule has 0 aliphatic rings. The van der Waals surface area contributed by atoms with E-state index in [1.807, 2.05) is 13.8 Å². The summed E-state index contributed by atoms with van der Waals surface area (Å²) < 4.78 is 34.1. The fraction of sp³-hybridized carbons (Fsp3) is 1.00. The molecule has 0 heterocycles. The van der Waals surface area contributed by atoms with E-state index < -0.39 is 10.1 Å². The minimum atomic E-state index is -3.79. The first-order valence-corrected chi connectivity index (χ1v) is 5.63.